The van der Waals surface area contributed by atoms with E-state index in [-0.39, 0.29) is 18.1 Å². The van der Waals surface area contributed by atoms with Gasteiger partial charge in [0.15, 0.2) is 6.10 Å². The maximum atomic E-state index is 12.4. The Hall–Kier alpha value is -2.21. The van der Waals surface area contributed by atoms with Crippen LogP contribution < -0.4 is 5.32 Å². The lowest BCUT2D eigenvalue weighted by Gasteiger charge is -2.28. The zero-order valence-electron chi connectivity index (χ0n) is 13.0. The normalized spacial score (nSPS) is 20.6. The number of aliphatic carboxylic acids is 1. The number of ketones is 1. The van der Waals surface area contributed by atoms with E-state index in [0.29, 0.717) is 24.8 Å². The van der Waals surface area contributed by atoms with Crippen LogP contribution in [-0.2, 0) is 19.1 Å². The number of carboxylic acids is 1. The van der Waals surface area contributed by atoms with Gasteiger partial charge >= 0.3 is 5.97 Å². The zero-order valence-corrected chi connectivity index (χ0v) is 13.0. The number of hydrogen-bond donors (Lipinski definition) is 2. The van der Waals surface area contributed by atoms with E-state index in [2.05, 4.69) is 5.32 Å². The molecule has 1 fully saturated rings. The second-order valence-corrected chi connectivity index (χ2v) is 5.75. The molecule has 6 heteroatoms. The summed E-state index contributed by atoms with van der Waals surface area (Å²) < 4.78 is 5.22. The van der Waals surface area contributed by atoms with Gasteiger partial charge in [0.2, 0.25) is 0 Å². The molecule has 0 saturated heterocycles. The highest BCUT2D eigenvalue weighted by atomic mass is 16.5. The first-order valence-corrected chi connectivity index (χ1v) is 7.65. The Balaban J connectivity index is 2.10. The van der Waals surface area contributed by atoms with Gasteiger partial charge in [0.1, 0.15) is 11.8 Å². The van der Waals surface area contributed by atoms with Crippen LogP contribution in [0.2, 0.25) is 0 Å². The van der Waals surface area contributed by atoms with Crippen molar-refractivity contribution in [1.29, 1.82) is 0 Å². The molecule has 0 heterocycles. The fraction of sp³-hybridized carbons (Fsp3) is 0.471. The first-order valence-electron chi connectivity index (χ1n) is 7.65. The highest BCUT2D eigenvalue weighted by Gasteiger charge is 2.35. The third kappa shape index (κ3) is 4.39. The highest BCUT2D eigenvalue weighted by molar-refractivity contribution is 5.88. The first kappa shape index (κ1) is 17.1. The molecule has 1 aromatic rings. The third-order valence-corrected chi connectivity index (χ3v) is 4.13. The summed E-state index contributed by atoms with van der Waals surface area (Å²) in [7, 11) is 1.40. The molecule has 1 aromatic carbocycles. The Labute approximate surface area is 134 Å². The molecule has 0 radical (unpaired) electrons. The number of ether oxygens (including phenoxy) is 1. The molecule has 2 N–H and O–H groups in total. The van der Waals surface area contributed by atoms with Crippen molar-refractivity contribution < 1.29 is 24.2 Å². The van der Waals surface area contributed by atoms with Crippen molar-refractivity contribution in [1.82, 2.24) is 5.32 Å². The van der Waals surface area contributed by atoms with Gasteiger partial charge in [-0.15, -0.1) is 0 Å². The third-order valence-electron chi connectivity index (χ3n) is 4.13. The Bertz CT molecular complexity index is 572. The summed E-state index contributed by atoms with van der Waals surface area (Å²) in [6.45, 7) is 0. The Morgan fingerprint density at radius 3 is 2.57 bits per heavy atom. The fourth-order valence-corrected chi connectivity index (χ4v) is 2.97. The predicted molar refractivity (Wildman–Crippen MR) is 82.7 cm³/mol. The van der Waals surface area contributed by atoms with Gasteiger partial charge in [-0.25, -0.2) is 4.79 Å². The van der Waals surface area contributed by atoms with Crippen molar-refractivity contribution >= 4 is 17.7 Å². The summed E-state index contributed by atoms with van der Waals surface area (Å²) in [5, 5.41) is 12.0. The Morgan fingerprint density at radius 1 is 1.30 bits per heavy atom. The average Bonchev–Trinajstić information content (AvgIpc) is 2.54. The van der Waals surface area contributed by atoms with Gasteiger partial charge in [-0.1, -0.05) is 30.3 Å². The maximum Gasteiger partial charge on any atom is 0.326 e. The standard InChI is InChI=1S/C17H21NO5/c1-23-15(11-6-3-2-4-7-11)16(20)18-14(17(21)22)12-8-5-9-13(19)10-12/h2-4,6-7,12,14-15H,5,8-10H2,1H3,(H,18,20)(H,21,22)/t12-,14-,15+/m1/s1. The lowest BCUT2D eigenvalue weighted by atomic mass is 9.83. The molecule has 3 atom stereocenters. The van der Waals surface area contributed by atoms with Crippen molar-refractivity contribution in [2.45, 2.75) is 37.8 Å². The van der Waals surface area contributed by atoms with Crippen LogP contribution >= 0.6 is 0 Å². The molecule has 0 aromatic heterocycles. The molecule has 1 saturated carbocycles. The highest BCUT2D eigenvalue weighted by Crippen LogP contribution is 2.25. The van der Waals surface area contributed by atoms with E-state index in [0.717, 1.165) is 0 Å². The van der Waals surface area contributed by atoms with Crippen LogP contribution in [0.5, 0.6) is 0 Å². The van der Waals surface area contributed by atoms with Crippen LogP contribution in [-0.4, -0.2) is 35.9 Å². The molecule has 1 aliphatic rings. The molecule has 6 nitrogen and oxygen atoms in total. The number of carboxylic acid groups (broad SMARTS) is 1. The van der Waals surface area contributed by atoms with Crippen molar-refractivity contribution in [2.24, 2.45) is 5.92 Å². The van der Waals surface area contributed by atoms with Gasteiger partial charge < -0.3 is 15.2 Å². The number of hydrogen-bond acceptors (Lipinski definition) is 4. The molecule has 1 amide bonds. The zero-order chi connectivity index (χ0) is 16.8. The summed E-state index contributed by atoms with van der Waals surface area (Å²) in [6, 6.07) is 7.79. The van der Waals surface area contributed by atoms with E-state index in [1.165, 1.54) is 7.11 Å². The van der Waals surface area contributed by atoms with E-state index >= 15 is 0 Å². The monoisotopic (exact) mass is 319 g/mol. The van der Waals surface area contributed by atoms with Gasteiger partial charge in [-0.05, 0) is 24.3 Å². The van der Waals surface area contributed by atoms with Crippen molar-refractivity contribution in [3.63, 3.8) is 0 Å². The predicted octanol–water partition coefficient (Wildman–Crippen LogP) is 1.70. The van der Waals surface area contributed by atoms with E-state index in [4.69, 9.17) is 4.74 Å². The van der Waals surface area contributed by atoms with E-state index in [1.54, 1.807) is 24.3 Å². The molecule has 0 aliphatic heterocycles. The minimum atomic E-state index is -1.12. The molecule has 1 aliphatic carbocycles. The fourth-order valence-electron chi connectivity index (χ4n) is 2.97. The van der Waals surface area contributed by atoms with Crippen LogP contribution in [0.3, 0.4) is 0 Å². The quantitative estimate of drug-likeness (QED) is 0.832. The molecule has 124 valence electrons. The molecular weight excluding hydrogens is 298 g/mol. The van der Waals surface area contributed by atoms with Gasteiger partial charge in [-0.3, -0.25) is 9.59 Å². The number of nitrogens with one attached hydrogen (secondary N) is 1. The van der Waals surface area contributed by atoms with Crippen molar-refractivity contribution in [2.75, 3.05) is 7.11 Å². The largest absolute Gasteiger partial charge is 0.480 e. The molecule has 23 heavy (non-hydrogen) atoms. The summed E-state index contributed by atoms with van der Waals surface area (Å²) in [4.78, 5) is 35.5. The van der Waals surface area contributed by atoms with Crippen LogP contribution in [0.1, 0.15) is 37.4 Å². The van der Waals surface area contributed by atoms with Crippen LogP contribution in [0.25, 0.3) is 0 Å². The number of methoxy groups -OCH3 is 1. The Kier molecular flexibility index (Phi) is 5.87. The minimum Gasteiger partial charge on any atom is -0.480 e. The number of carbonyl (C=O) groups is 3. The molecule has 0 spiro atoms. The molecular formula is C17H21NO5. The van der Waals surface area contributed by atoms with Crippen molar-refractivity contribution in [3.05, 3.63) is 35.9 Å². The number of carbonyl (C=O) groups excluding carboxylic acids is 2. The SMILES string of the molecule is CO[C@H](C(=O)N[C@@H](C(=O)O)[C@@H]1CCCC(=O)C1)c1ccccc1. The molecule has 0 unspecified atom stereocenters. The Morgan fingerprint density at radius 2 is 2.00 bits per heavy atom. The maximum absolute atomic E-state index is 12.4. The summed E-state index contributed by atoms with van der Waals surface area (Å²) in [5.41, 5.74) is 0.649. The number of benzene rings is 1. The second-order valence-electron chi connectivity index (χ2n) is 5.75. The minimum absolute atomic E-state index is 0.0492. The molecule has 2 rings (SSSR count). The summed E-state index contributed by atoms with van der Waals surface area (Å²) >= 11 is 0. The van der Waals surface area contributed by atoms with E-state index < -0.39 is 24.0 Å². The van der Waals surface area contributed by atoms with Gasteiger partial charge in [0, 0.05) is 20.0 Å². The lowest BCUT2D eigenvalue weighted by Crippen LogP contribution is -2.49. The molecule has 0 bridgehead atoms. The van der Waals surface area contributed by atoms with Crippen LogP contribution in [0.15, 0.2) is 30.3 Å². The lowest BCUT2D eigenvalue weighted by molar-refractivity contribution is -0.146. The van der Waals surface area contributed by atoms with Gasteiger partial charge in [0.25, 0.3) is 5.91 Å². The van der Waals surface area contributed by atoms with Crippen LogP contribution in [0.4, 0.5) is 0 Å². The first-order chi connectivity index (χ1) is 11.0. The smallest absolute Gasteiger partial charge is 0.326 e. The summed E-state index contributed by atoms with van der Waals surface area (Å²) in [6.07, 6.45) is 1.08. The second kappa shape index (κ2) is 7.87. The van der Waals surface area contributed by atoms with Crippen molar-refractivity contribution in [3.8, 4) is 0 Å². The topological polar surface area (TPSA) is 92.7 Å². The average molecular weight is 319 g/mol. The number of rotatable bonds is 6. The van der Waals surface area contributed by atoms with Gasteiger partial charge in [0.05, 0.1) is 0 Å². The van der Waals surface area contributed by atoms with Gasteiger partial charge in [-0.2, -0.15) is 0 Å². The number of Topliss-reactive ketones (excluding diaryl/α,β-unsaturated/α-hetero) is 1. The van der Waals surface area contributed by atoms with E-state index in [1.807, 2.05) is 6.07 Å². The number of amides is 1. The van der Waals surface area contributed by atoms with E-state index in [9.17, 15) is 19.5 Å². The van der Waals surface area contributed by atoms with Crippen LogP contribution in [0, 0.1) is 5.92 Å². The summed E-state index contributed by atoms with van der Waals surface area (Å²) in [5.74, 6) is -1.95.